The molecule has 0 spiro atoms. The van der Waals surface area contributed by atoms with Crippen molar-refractivity contribution in [3.05, 3.63) is 60.7 Å². The second kappa shape index (κ2) is 12.0. The molecule has 0 aliphatic carbocycles. The molecular weight excluding hydrogens is 446 g/mol. The summed E-state index contributed by atoms with van der Waals surface area (Å²) < 4.78 is 18.2. The van der Waals surface area contributed by atoms with Crippen molar-refractivity contribution in [3.8, 4) is 11.5 Å². The zero-order chi connectivity index (χ0) is 25.4. The Morgan fingerprint density at radius 3 is 2.20 bits per heavy atom. The van der Waals surface area contributed by atoms with Gasteiger partial charge in [0.2, 0.25) is 0 Å². The number of hydrogen-bond donors (Lipinski definition) is 1. The van der Waals surface area contributed by atoms with Gasteiger partial charge in [0.15, 0.2) is 0 Å². The molecule has 1 aliphatic heterocycles. The van der Waals surface area contributed by atoms with Gasteiger partial charge >= 0.3 is 12.1 Å². The van der Waals surface area contributed by atoms with Crippen LogP contribution in [-0.4, -0.2) is 52.5 Å². The van der Waals surface area contributed by atoms with Crippen molar-refractivity contribution in [3.63, 3.8) is 0 Å². The number of carbonyl (C=O) groups is 2. The molecule has 0 saturated carbocycles. The average Bonchev–Trinajstić information content (AvgIpc) is 2.85. The lowest BCUT2D eigenvalue weighted by Crippen LogP contribution is -2.55. The first-order chi connectivity index (χ1) is 16.7. The third-order valence-corrected chi connectivity index (χ3v) is 6.31. The van der Waals surface area contributed by atoms with Gasteiger partial charge in [-0.25, -0.2) is 9.59 Å². The summed E-state index contributed by atoms with van der Waals surface area (Å²) in [5.74, 6) is 1.02. The molecular formula is C28H37NO6. The van der Waals surface area contributed by atoms with Gasteiger partial charge in [-0.05, 0) is 71.2 Å². The summed E-state index contributed by atoms with van der Waals surface area (Å²) in [5.41, 5.74) is -0.740. The number of benzene rings is 2. The Bertz CT molecular complexity index is 943. The van der Waals surface area contributed by atoms with Crippen molar-refractivity contribution >= 4 is 12.1 Å². The summed E-state index contributed by atoms with van der Waals surface area (Å²) in [6, 6.07) is 18.3. The maximum absolute atomic E-state index is 13.2. The van der Waals surface area contributed by atoms with Gasteiger partial charge in [0.25, 0.3) is 0 Å². The van der Waals surface area contributed by atoms with Gasteiger partial charge in [0.1, 0.15) is 29.7 Å². The monoisotopic (exact) mass is 483 g/mol. The predicted octanol–water partition coefficient (Wildman–Crippen LogP) is 5.78. The van der Waals surface area contributed by atoms with E-state index in [1.165, 1.54) is 4.90 Å². The van der Waals surface area contributed by atoms with E-state index in [1.807, 2.05) is 67.6 Å². The van der Waals surface area contributed by atoms with Crippen molar-refractivity contribution in [2.24, 2.45) is 5.92 Å². The van der Waals surface area contributed by atoms with Crippen molar-refractivity contribution in [2.45, 2.75) is 77.2 Å². The zero-order valence-electron chi connectivity index (χ0n) is 21.1. The molecule has 0 radical (unpaired) electrons. The van der Waals surface area contributed by atoms with Crippen LogP contribution < -0.4 is 9.47 Å². The molecule has 7 nitrogen and oxygen atoms in total. The largest absolute Gasteiger partial charge is 0.494 e. The molecule has 35 heavy (non-hydrogen) atoms. The molecule has 1 aliphatic rings. The Balaban J connectivity index is 1.82. The van der Waals surface area contributed by atoms with Crippen molar-refractivity contribution in [1.82, 2.24) is 4.90 Å². The number of carbonyl (C=O) groups excluding carboxylic acids is 1. The number of amides is 1. The van der Waals surface area contributed by atoms with E-state index in [0.717, 1.165) is 12.2 Å². The van der Waals surface area contributed by atoms with Gasteiger partial charge in [0, 0.05) is 11.5 Å². The number of rotatable bonds is 7. The first kappa shape index (κ1) is 26.4. The van der Waals surface area contributed by atoms with Crippen LogP contribution in [0.4, 0.5) is 4.79 Å². The molecule has 3 rings (SSSR count). The zero-order valence-corrected chi connectivity index (χ0v) is 21.1. The molecule has 1 N–H and O–H groups in total. The Hall–Kier alpha value is -3.22. The Morgan fingerprint density at radius 1 is 1.03 bits per heavy atom. The maximum Gasteiger partial charge on any atom is 0.408 e. The summed E-state index contributed by atoms with van der Waals surface area (Å²) in [4.78, 5) is 26.5. The first-order valence-electron chi connectivity index (χ1n) is 12.3. The highest BCUT2D eigenvalue weighted by molar-refractivity contribution is 5.81. The van der Waals surface area contributed by atoms with Gasteiger partial charge in [-0.1, -0.05) is 42.8 Å². The summed E-state index contributed by atoms with van der Waals surface area (Å²) >= 11 is 0. The summed E-state index contributed by atoms with van der Waals surface area (Å²) in [6.45, 7) is 7.68. The third-order valence-electron chi connectivity index (χ3n) is 6.31. The molecule has 1 saturated heterocycles. The second-order valence-electron chi connectivity index (χ2n) is 10.0. The number of cyclic esters (lactones) is 1. The molecule has 0 aromatic heterocycles. The lowest BCUT2D eigenvalue weighted by Gasteiger charge is -2.38. The summed E-state index contributed by atoms with van der Waals surface area (Å²) in [6.07, 6.45) is 0.426. The van der Waals surface area contributed by atoms with Gasteiger partial charge in [-0.15, -0.1) is 0 Å². The number of esters is 1. The molecule has 190 valence electrons. The van der Waals surface area contributed by atoms with Crippen LogP contribution in [0.15, 0.2) is 60.7 Å². The van der Waals surface area contributed by atoms with Crippen LogP contribution in [0.1, 0.15) is 53.4 Å². The number of nitrogens with zero attached hydrogens (tertiary/aromatic N) is 1. The van der Waals surface area contributed by atoms with Crippen molar-refractivity contribution < 1.29 is 28.9 Å². The summed E-state index contributed by atoms with van der Waals surface area (Å²) in [5, 5.41) is 9.88. The highest BCUT2D eigenvalue weighted by atomic mass is 16.6. The predicted molar refractivity (Wildman–Crippen MR) is 134 cm³/mol. The third kappa shape index (κ3) is 7.38. The van der Waals surface area contributed by atoms with E-state index in [0.29, 0.717) is 31.6 Å². The minimum atomic E-state index is -1.13. The molecule has 1 fully saturated rings. The molecule has 1 heterocycles. The SMILES string of the molecule is C[C@@H]1OC(=O)[C@@H](N(C(=O)O)C(C)(C)C)CCC[C@H](CCOc2ccccc2)[C@H]1Oc1ccccc1. The molecule has 0 bridgehead atoms. The quantitative estimate of drug-likeness (QED) is 0.502. The summed E-state index contributed by atoms with van der Waals surface area (Å²) in [7, 11) is 0. The smallest absolute Gasteiger partial charge is 0.408 e. The molecule has 4 atom stereocenters. The molecule has 2 aromatic rings. The Labute approximate surface area is 208 Å². The second-order valence-corrected chi connectivity index (χ2v) is 10.0. The first-order valence-corrected chi connectivity index (χ1v) is 12.3. The van der Waals surface area contributed by atoms with Crippen LogP contribution in [0.2, 0.25) is 0 Å². The lowest BCUT2D eigenvalue weighted by atomic mass is 9.89. The van der Waals surface area contributed by atoms with E-state index < -0.39 is 35.9 Å². The minimum Gasteiger partial charge on any atom is -0.494 e. The van der Waals surface area contributed by atoms with Gasteiger partial charge in [-0.3, -0.25) is 4.90 Å². The topological polar surface area (TPSA) is 85.3 Å². The number of carboxylic acid groups (broad SMARTS) is 1. The Kier molecular flexibility index (Phi) is 9.01. The number of para-hydroxylation sites is 2. The van der Waals surface area contributed by atoms with Crippen LogP contribution >= 0.6 is 0 Å². The highest BCUT2D eigenvalue weighted by Crippen LogP contribution is 2.31. The molecule has 0 unspecified atom stereocenters. The van der Waals surface area contributed by atoms with Gasteiger partial charge in [0.05, 0.1) is 6.61 Å². The molecule has 2 aromatic carbocycles. The van der Waals surface area contributed by atoms with Crippen LogP contribution in [0.5, 0.6) is 11.5 Å². The molecule has 7 heteroatoms. The van der Waals surface area contributed by atoms with E-state index in [9.17, 15) is 14.7 Å². The maximum atomic E-state index is 13.2. The minimum absolute atomic E-state index is 0.0494. The van der Waals surface area contributed by atoms with Gasteiger partial charge in [-0.2, -0.15) is 0 Å². The van der Waals surface area contributed by atoms with E-state index in [1.54, 1.807) is 20.8 Å². The highest BCUT2D eigenvalue weighted by Gasteiger charge is 2.41. The van der Waals surface area contributed by atoms with Crippen LogP contribution in [0, 0.1) is 5.92 Å². The van der Waals surface area contributed by atoms with Crippen LogP contribution in [-0.2, 0) is 9.53 Å². The van der Waals surface area contributed by atoms with Crippen molar-refractivity contribution in [1.29, 1.82) is 0 Å². The molecule has 1 amide bonds. The van der Waals surface area contributed by atoms with E-state index in [-0.39, 0.29) is 5.92 Å². The van der Waals surface area contributed by atoms with E-state index >= 15 is 0 Å². The van der Waals surface area contributed by atoms with Crippen molar-refractivity contribution in [2.75, 3.05) is 6.61 Å². The van der Waals surface area contributed by atoms with Crippen LogP contribution in [0.25, 0.3) is 0 Å². The fourth-order valence-corrected chi connectivity index (χ4v) is 4.69. The van der Waals surface area contributed by atoms with Gasteiger partial charge < -0.3 is 19.3 Å². The fraction of sp³-hybridized carbons (Fsp3) is 0.500. The van der Waals surface area contributed by atoms with Crippen LogP contribution in [0.3, 0.4) is 0 Å². The Morgan fingerprint density at radius 2 is 1.63 bits per heavy atom. The van der Waals surface area contributed by atoms with E-state index in [4.69, 9.17) is 14.2 Å². The standard InChI is InChI=1S/C28H37NO6/c1-20-25(35-23-15-9-6-10-16-23)21(18-19-33-22-13-7-5-8-14-22)12-11-17-24(26(30)34-20)29(27(31)32)28(2,3)4/h5-10,13-16,20-21,24-25H,11-12,17-19H2,1-4H3,(H,31,32)/t20-,21+,24-,25-/m0/s1. The fourth-order valence-electron chi connectivity index (χ4n) is 4.69. The lowest BCUT2D eigenvalue weighted by molar-refractivity contribution is -0.161. The number of hydrogen-bond acceptors (Lipinski definition) is 5. The normalized spacial score (nSPS) is 23.3. The van der Waals surface area contributed by atoms with E-state index in [2.05, 4.69) is 0 Å². The number of ether oxygens (including phenoxy) is 3. The average molecular weight is 484 g/mol.